The second-order valence-electron chi connectivity index (χ2n) is 14.5. The van der Waals surface area contributed by atoms with Crippen molar-refractivity contribution in [3.05, 3.63) is 71.9 Å². The summed E-state index contributed by atoms with van der Waals surface area (Å²) in [4.78, 5) is 31.1. The summed E-state index contributed by atoms with van der Waals surface area (Å²) < 4.78 is 38.1. The summed E-state index contributed by atoms with van der Waals surface area (Å²) in [5.41, 5.74) is 2.52. The van der Waals surface area contributed by atoms with Crippen molar-refractivity contribution in [2.24, 2.45) is 5.92 Å². The molecule has 0 saturated carbocycles. The molecule has 1 aromatic heterocycles. The van der Waals surface area contributed by atoms with Crippen LogP contribution >= 0.6 is 0 Å². The Morgan fingerprint density at radius 1 is 0.933 bits per heavy atom. The molecular formula is C35H47NO8Si. The zero-order valence-electron chi connectivity index (χ0n) is 27.8. The van der Waals surface area contributed by atoms with Crippen molar-refractivity contribution in [2.75, 3.05) is 6.61 Å². The first-order valence-electron chi connectivity index (χ1n) is 15.6. The number of para-hydroxylation sites is 1. The lowest BCUT2D eigenvalue weighted by Gasteiger charge is -2.46. The van der Waals surface area contributed by atoms with E-state index in [1.165, 1.54) is 0 Å². The van der Waals surface area contributed by atoms with Crippen LogP contribution in [-0.2, 0) is 44.3 Å². The van der Waals surface area contributed by atoms with E-state index in [-0.39, 0.29) is 18.3 Å². The quantitative estimate of drug-likeness (QED) is 0.147. The summed E-state index contributed by atoms with van der Waals surface area (Å²) in [6.45, 7) is 18.1. The van der Waals surface area contributed by atoms with Crippen molar-refractivity contribution < 1.29 is 37.7 Å². The Kier molecular flexibility index (Phi) is 9.11. The molecule has 45 heavy (non-hydrogen) atoms. The van der Waals surface area contributed by atoms with Crippen LogP contribution in [-0.4, -0.2) is 61.7 Å². The summed E-state index contributed by atoms with van der Waals surface area (Å²) >= 11 is 0. The highest BCUT2D eigenvalue weighted by molar-refractivity contribution is 6.74. The maximum absolute atomic E-state index is 13.9. The number of H-pyrrole nitrogens is 1. The van der Waals surface area contributed by atoms with E-state index in [9.17, 15) is 9.59 Å². The first-order chi connectivity index (χ1) is 21.0. The molecule has 1 N–H and O–H groups in total. The van der Waals surface area contributed by atoms with Crippen LogP contribution in [0.15, 0.2) is 60.8 Å². The van der Waals surface area contributed by atoms with Crippen LogP contribution in [0.1, 0.15) is 65.5 Å². The average molecular weight is 638 g/mol. The number of cyclic esters (lactones) is 2. The number of nitrogens with one attached hydrogen (secondary N) is 1. The number of aromatic amines is 1. The highest BCUT2D eigenvalue weighted by atomic mass is 28.4. The molecule has 1 unspecified atom stereocenters. The van der Waals surface area contributed by atoms with Gasteiger partial charge in [-0.05, 0) is 49.2 Å². The Morgan fingerprint density at radius 3 is 2.16 bits per heavy atom. The minimum Gasteiger partial charge on any atom is -0.422 e. The SMILES string of the molecule is CC1(C)OC(=O)C(C(c2c[nH]c3ccccc23)[C@H](OCc2ccccc2)[C@@H](O[Si](C)(C)C(C)(C)C)[C@@H]2COC(C)(C)O2)C(=O)O1. The molecule has 2 aliphatic heterocycles. The van der Waals surface area contributed by atoms with Crippen LogP contribution in [0.4, 0.5) is 0 Å². The van der Waals surface area contributed by atoms with Gasteiger partial charge in [0.25, 0.3) is 5.79 Å². The molecule has 2 saturated heterocycles. The van der Waals surface area contributed by atoms with Gasteiger partial charge in [0.2, 0.25) is 0 Å². The van der Waals surface area contributed by atoms with E-state index >= 15 is 0 Å². The molecule has 3 heterocycles. The average Bonchev–Trinajstić information content (AvgIpc) is 3.53. The summed E-state index contributed by atoms with van der Waals surface area (Å²) in [5, 5.41) is 0.698. The second-order valence-corrected chi connectivity index (χ2v) is 19.3. The Morgan fingerprint density at radius 2 is 1.56 bits per heavy atom. The molecule has 0 bridgehead atoms. The number of hydrogen-bond acceptors (Lipinski definition) is 8. The van der Waals surface area contributed by atoms with E-state index in [2.05, 4.69) is 38.8 Å². The summed E-state index contributed by atoms with van der Waals surface area (Å²) in [6, 6.07) is 17.6. The van der Waals surface area contributed by atoms with E-state index in [1.54, 1.807) is 13.8 Å². The summed E-state index contributed by atoms with van der Waals surface area (Å²) in [7, 11) is -2.50. The Hall–Kier alpha value is -3.02. The summed E-state index contributed by atoms with van der Waals surface area (Å²) in [6.07, 6.45) is -0.277. The van der Waals surface area contributed by atoms with Gasteiger partial charge in [0.1, 0.15) is 12.2 Å². The third-order valence-electron chi connectivity index (χ3n) is 9.14. The number of ether oxygens (including phenoxy) is 5. The standard InChI is InChI=1S/C35H47NO8Si/c1-33(2,3)45(8,9)44-29(26-21-40-34(4,5)41-26)30(39-20-22-15-11-10-12-16-22)27(24-19-36-25-18-14-13-17-23(24)25)28-31(37)42-35(6,7)43-32(28)38/h10-19,26-30,36H,20-21H2,1-9H3/t26-,27?,29-,30-/m0/s1. The normalized spacial score (nSPS) is 22.6. The number of carbonyl (C=O) groups excluding carboxylic acids is 2. The lowest BCUT2D eigenvalue weighted by molar-refractivity contribution is -0.244. The fourth-order valence-corrected chi connectivity index (χ4v) is 7.18. The maximum Gasteiger partial charge on any atom is 0.324 e. The first-order valence-corrected chi connectivity index (χ1v) is 18.6. The van der Waals surface area contributed by atoms with E-state index in [1.807, 2.05) is 74.6 Å². The van der Waals surface area contributed by atoms with Crippen LogP contribution < -0.4 is 0 Å². The molecular weight excluding hydrogens is 590 g/mol. The molecule has 9 nitrogen and oxygen atoms in total. The maximum atomic E-state index is 13.9. The van der Waals surface area contributed by atoms with Crippen molar-refractivity contribution >= 4 is 31.2 Å². The van der Waals surface area contributed by atoms with Crippen LogP contribution in [0.2, 0.25) is 18.1 Å². The lowest BCUT2D eigenvalue weighted by atomic mass is 9.78. The van der Waals surface area contributed by atoms with Gasteiger partial charge in [-0.1, -0.05) is 69.3 Å². The Labute approximate surface area is 267 Å². The van der Waals surface area contributed by atoms with Gasteiger partial charge in [-0.2, -0.15) is 0 Å². The highest BCUT2D eigenvalue weighted by Gasteiger charge is 2.56. The molecule has 244 valence electrons. The zero-order valence-corrected chi connectivity index (χ0v) is 28.8. The Bertz CT molecular complexity index is 1490. The molecule has 0 amide bonds. The van der Waals surface area contributed by atoms with E-state index in [4.69, 9.17) is 28.1 Å². The highest BCUT2D eigenvalue weighted by Crippen LogP contribution is 2.46. The van der Waals surface area contributed by atoms with Gasteiger partial charge < -0.3 is 33.1 Å². The van der Waals surface area contributed by atoms with Crippen molar-refractivity contribution in [1.29, 1.82) is 0 Å². The van der Waals surface area contributed by atoms with Gasteiger partial charge in [-0.25, -0.2) is 0 Å². The Balaban J connectivity index is 1.71. The van der Waals surface area contributed by atoms with Crippen molar-refractivity contribution in [2.45, 2.75) is 109 Å². The number of carbonyl (C=O) groups is 2. The topological polar surface area (TPSA) is 105 Å². The number of hydrogen-bond donors (Lipinski definition) is 1. The van der Waals surface area contributed by atoms with Gasteiger partial charge >= 0.3 is 11.9 Å². The van der Waals surface area contributed by atoms with Gasteiger partial charge in [0, 0.05) is 36.9 Å². The summed E-state index contributed by atoms with van der Waals surface area (Å²) in [5.74, 6) is -5.77. The van der Waals surface area contributed by atoms with E-state index in [0.717, 1.165) is 22.0 Å². The number of esters is 2. The predicted molar refractivity (Wildman–Crippen MR) is 173 cm³/mol. The first kappa shape index (κ1) is 33.3. The van der Waals surface area contributed by atoms with Gasteiger partial charge in [0.05, 0.1) is 19.3 Å². The second kappa shape index (κ2) is 12.3. The van der Waals surface area contributed by atoms with Crippen LogP contribution in [0.3, 0.4) is 0 Å². The van der Waals surface area contributed by atoms with Crippen molar-refractivity contribution in [3.8, 4) is 0 Å². The van der Waals surface area contributed by atoms with Crippen LogP contribution in [0, 0.1) is 5.92 Å². The van der Waals surface area contributed by atoms with Gasteiger partial charge in [0.15, 0.2) is 20.0 Å². The van der Waals surface area contributed by atoms with Crippen molar-refractivity contribution in [3.63, 3.8) is 0 Å². The largest absolute Gasteiger partial charge is 0.422 e. The molecule has 10 heteroatoms. The molecule has 3 aromatic rings. The zero-order chi connectivity index (χ0) is 32.8. The molecule has 2 aliphatic rings. The molecule has 0 spiro atoms. The minimum absolute atomic E-state index is 0.160. The smallest absolute Gasteiger partial charge is 0.324 e. The minimum atomic E-state index is -2.50. The van der Waals surface area contributed by atoms with Gasteiger partial charge in [-0.15, -0.1) is 0 Å². The number of rotatable bonds is 10. The number of aromatic nitrogens is 1. The lowest BCUT2D eigenvalue weighted by Crippen LogP contribution is -2.57. The predicted octanol–water partition coefficient (Wildman–Crippen LogP) is 6.83. The van der Waals surface area contributed by atoms with Crippen molar-refractivity contribution in [1.82, 2.24) is 4.98 Å². The molecule has 2 aromatic carbocycles. The van der Waals surface area contributed by atoms with Gasteiger partial charge in [-0.3, -0.25) is 9.59 Å². The monoisotopic (exact) mass is 637 g/mol. The molecule has 0 aliphatic carbocycles. The fraction of sp³-hybridized carbons (Fsp3) is 0.543. The fourth-order valence-electron chi connectivity index (χ4n) is 5.86. The third-order valence-corrected chi connectivity index (χ3v) is 13.6. The van der Waals surface area contributed by atoms with E-state index in [0.29, 0.717) is 0 Å². The van der Waals surface area contributed by atoms with Crippen LogP contribution in [0.5, 0.6) is 0 Å². The third kappa shape index (κ3) is 7.20. The molecule has 0 radical (unpaired) electrons. The molecule has 2 fully saturated rings. The number of benzene rings is 2. The van der Waals surface area contributed by atoms with E-state index < -0.39 is 62.0 Å². The number of fused-ring (bicyclic) bond motifs is 1. The molecule has 4 atom stereocenters. The molecule has 5 rings (SSSR count). The van der Waals surface area contributed by atoms with Crippen LogP contribution in [0.25, 0.3) is 10.9 Å².